The molecule has 0 heterocycles. The molecule has 0 aliphatic rings. The van der Waals surface area contributed by atoms with E-state index in [9.17, 15) is 4.79 Å². The molecule has 0 radical (unpaired) electrons. The molecule has 0 atom stereocenters. The first kappa shape index (κ1) is 20.3. The number of carbonyl (C=O) groups is 1. The average molecular weight is 355 g/mol. The summed E-state index contributed by atoms with van der Waals surface area (Å²) in [6.45, 7) is 6.51. The lowest BCUT2D eigenvalue weighted by Gasteiger charge is -2.12. The van der Waals surface area contributed by atoms with Crippen molar-refractivity contribution in [2.45, 2.75) is 26.7 Å². The lowest BCUT2D eigenvalue weighted by molar-refractivity contribution is -0.116. The van der Waals surface area contributed by atoms with Crippen LogP contribution < -0.4 is 16.0 Å². The third kappa shape index (κ3) is 7.66. The number of carbonyl (C=O) groups excluding carboxylic acids is 1. The second kappa shape index (κ2) is 11.7. The Kier molecular flexibility index (Phi) is 9.88. The maximum absolute atomic E-state index is 12.0. The fourth-order valence-corrected chi connectivity index (χ4v) is 2.17. The number of methoxy groups -OCH3 is 1. The zero-order chi connectivity index (χ0) is 17.8. The van der Waals surface area contributed by atoms with Crippen molar-refractivity contribution in [3.63, 3.8) is 0 Å². The molecule has 3 N–H and O–H groups in total. The summed E-state index contributed by atoms with van der Waals surface area (Å²) < 4.78 is 5.00. The minimum atomic E-state index is -0.0666. The van der Waals surface area contributed by atoms with Gasteiger partial charge in [-0.25, -0.2) is 0 Å². The predicted molar refractivity (Wildman–Crippen MR) is 99.9 cm³/mol. The summed E-state index contributed by atoms with van der Waals surface area (Å²) >= 11 is 6.05. The van der Waals surface area contributed by atoms with Crippen molar-refractivity contribution in [3.8, 4) is 0 Å². The SMILES string of the molecule is CCNC(=NCCCOC)NCCC(=O)Nc1cccc(Cl)c1C. The number of benzene rings is 1. The second-order valence-electron chi connectivity index (χ2n) is 5.24. The van der Waals surface area contributed by atoms with E-state index in [1.807, 2.05) is 26.0 Å². The van der Waals surface area contributed by atoms with Crippen LogP contribution in [0.4, 0.5) is 5.69 Å². The predicted octanol–water partition coefficient (Wildman–Crippen LogP) is 2.57. The number of halogens is 1. The van der Waals surface area contributed by atoms with Crippen LogP contribution in [0.3, 0.4) is 0 Å². The zero-order valence-corrected chi connectivity index (χ0v) is 15.4. The standard InChI is InChI=1S/C17H27ClN4O2/c1-4-19-17(20-10-6-12-24-3)21-11-9-16(23)22-15-8-5-7-14(18)13(15)2/h5,7-8H,4,6,9-12H2,1-3H3,(H,22,23)(H2,19,20,21). The van der Waals surface area contributed by atoms with Gasteiger partial charge in [0, 0.05) is 50.5 Å². The lowest BCUT2D eigenvalue weighted by atomic mass is 10.2. The number of hydrogen-bond acceptors (Lipinski definition) is 3. The van der Waals surface area contributed by atoms with Crippen LogP contribution in [0.25, 0.3) is 0 Å². The average Bonchev–Trinajstić information content (AvgIpc) is 2.56. The van der Waals surface area contributed by atoms with Crippen LogP contribution >= 0.6 is 11.6 Å². The van der Waals surface area contributed by atoms with Gasteiger partial charge in [0.15, 0.2) is 5.96 Å². The van der Waals surface area contributed by atoms with E-state index in [2.05, 4.69) is 20.9 Å². The van der Waals surface area contributed by atoms with Crippen molar-refractivity contribution in [3.05, 3.63) is 28.8 Å². The Bertz CT molecular complexity index is 549. The van der Waals surface area contributed by atoms with Crippen molar-refractivity contribution in [1.29, 1.82) is 0 Å². The number of anilines is 1. The molecule has 1 amide bonds. The number of rotatable bonds is 9. The van der Waals surface area contributed by atoms with Crippen molar-refractivity contribution in [1.82, 2.24) is 10.6 Å². The van der Waals surface area contributed by atoms with Gasteiger partial charge < -0.3 is 20.7 Å². The van der Waals surface area contributed by atoms with Gasteiger partial charge >= 0.3 is 0 Å². The van der Waals surface area contributed by atoms with E-state index < -0.39 is 0 Å². The van der Waals surface area contributed by atoms with E-state index in [1.165, 1.54) is 0 Å². The second-order valence-corrected chi connectivity index (χ2v) is 5.65. The van der Waals surface area contributed by atoms with Gasteiger partial charge in [-0.3, -0.25) is 9.79 Å². The van der Waals surface area contributed by atoms with E-state index in [1.54, 1.807) is 13.2 Å². The highest BCUT2D eigenvalue weighted by atomic mass is 35.5. The molecule has 0 aromatic heterocycles. The molecular weight excluding hydrogens is 328 g/mol. The Morgan fingerprint density at radius 2 is 2.12 bits per heavy atom. The number of aliphatic imine (C=N–C) groups is 1. The van der Waals surface area contributed by atoms with Crippen LogP contribution in [-0.2, 0) is 9.53 Å². The Morgan fingerprint density at radius 1 is 1.33 bits per heavy atom. The topological polar surface area (TPSA) is 74.8 Å². The molecule has 0 aliphatic heterocycles. The molecule has 6 nitrogen and oxygen atoms in total. The van der Waals surface area contributed by atoms with Crippen LogP contribution in [0.15, 0.2) is 23.2 Å². The Balaban J connectivity index is 2.40. The quantitative estimate of drug-likeness (QED) is 0.362. The number of nitrogens with zero attached hydrogens (tertiary/aromatic N) is 1. The lowest BCUT2D eigenvalue weighted by Crippen LogP contribution is -2.38. The van der Waals surface area contributed by atoms with Gasteiger partial charge in [-0.15, -0.1) is 0 Å². The molecule has 0 unspecified atom stereocenters. The fraction of sp³-hybridized carbons (Fsp3) is 0.529. The van der Waals surface area contributed by atoms with Gasteiger partial charge in [0.1, 0.15) is 0 Å². The molecular formula is C17H27ClN4O2. The van der Waals surface area contributed by atoms with Crippen LogP contribution in [0.2, 0.25) is 5.02 Å². The molecule has 0 saturated heterocycles. The van der Waals surface area contributed by atoms with Crippen molar-refractivity contribution in [2.24, 2.45) is 4.99 Å². The third-order valence-corrected chi connectivity index (χ3v) is 3.72. The van der Waals surface area contributed by atoms with Gasteiger partial charge in [-0.1, -0.05) is 17.7 Å². The van der Waals surface area contributed by atoms with Gasteiger partial charge in [0.25, 0.3) is 0 Å². The van der Waals surface area contributed by atoms with E-state index >= 15 is 0 Å². The first-order valence-electron chi connectivity index (χ1n) is 8.14. The van der Waals surface area contributed by atoms with Gasteiger partial charge in [0.05, 0.1) is 0 Å². The molecule has 134 valence electrons. The molecule has 0 fully saturated rings. The summed E-state index contributed by atoms with van der Waals surface area (Å²) in [5, 5.41) is 9.82. The molecule has 0 spiro atoms. The number of hydrogen-bond donors (Lipinski definition) is 3. The third-order valence-electron chi connectivity index (χ3n) is 3.31. The van der Waals surface area contributed by atoms with Crippen LogP contribution in [-0.4, -0.2) is 45.2 Å². The maximum Gasteiger partial charge on any atom is 0.226 e. The normalized spacial score (nSPS) is 11.2. The molecule has 24 heavy (non-hydrogen) atoms. The smallest absolute Gasteiger partial charge is 0.226 e. The Hall–Kier alpha value is -1.79. The maximum atomic E-state index is 12.0. The largest absolute Gasteiger partial charge is 0.385 e. The number of nitrogens with one attached hydrogen (secondary N) is 3. The van der Waals surface area contributed by atoms with Crippen molar-refractivity contribution < 1.29 is 9.53 Å². The molecule has 1 aromatic rings. The zero-order valence-electron chi connectivity index (χ0n) is 14.6. The Labute approximate surface area is 149 Å². The van der Waals surface area contributed by atoms with E-state index in [-0.39, 0.29) is 5.91 Å². The molecule has 0 bridgehead atoms. The summed E-state index contributed by atoms with van der Waals surface area (Å²) in [7, 11) is 1.67. The molecule has 7 heteroatoms. The van der Waals surface area contributed by atoms with Crippen molar-refractivity contribution in [2.75, 3.05) is 38.7 Å². The highest BCUT2D eigenvalue weighted by Crippen LogP contribution is 2.22. The fourth-order valence-electron chi connectivity index (χ4n) is 1.99. The number of ether oxygens (including phenoxy) is 1. The molecule has 0 aliphatic carbocycles. The van der Waals surface area contributed by atoms with Crippen LogP contribution in [0.5, 0.6) is 0 Å². The summed E-state index contributed by atoms with van der Waals surface area (Å²) in [5.41, 5.74) is 1.61. The summed E-state index contributed by atoms with van der Waals surface area (Å²) in [5.74, 6) is 0.642. The van der Waals surface area contributed by atoms with Gasteiger partial charge in [-0.05, 0) is 38.0 Å². The summed E-state index contributed by atoms with van der Waals surface area (Å²) in [6, 6.07) is 5.46. The monoisotopic (exact) mass is 354 g/mol. The van der Waals surface area contributed by atoms with E-state index in [0.717, 1.165) is 24.2 Å². The summed E-state index contributed by atoms with van der Waals surface area (Å²) in [4.78, 5) is 16.5. The van der Waals surface area contributed by atoms with E-state index in [4.69, 9.17) is 16.3 Å². The van der Waals surface area contributed by atoms with Crippen molar-refractivity contribution >= 4 is 29.2 Å². The Morgan fingerprint density at radius 3 is 2.83 bits per heavy atom. The highest BCUT2D eigenvalue weighted by molar-refractivity contribution is 6.31. The molecule has 0 saturated carbocycles. The van der Waals surface area contributed by atoms with Gasteiger partial charge in [-0.2, -0.15) is 0 Å². The molecule has 1 aromatic carbocycles. The van der Waals surface area contributed by atoms with Crippen LogP contribution in [0, 0.1) is 6.92 Å². The minimum absolute atomic E-state index is 0.0666. The van der Waals surface area contributed by atoms with E-state index in [0.29, 0.717) is 37.1 Å². The van der Waals surface area contributed by atoms with Gasteiger partial charge in [0.2, 0.25) is 5.91 Å². The highest BCUT2D eigenvalue weighted by Gasteiger charge is 2.07. The first-order chi connectivity index (χ1) is 11.6. The van der Waals surface area contributed by atoms with Crippen LogP contribution in [0.1, 0.15) is 25.3 Å². The summed E-state index contributed by atoms with van der Waals surface area (Å²) in [6.07, 6.45) is 1.20. The molecule has 1 rings (SSSR count). The minimum Gasteiger partial charge on any atom is -0.385 e. The number of amides is 1. The number of guanidine groups is 1. The first-order valence-corrected chi connectivity index (χ1v) is 8.52.